The van der Waals surface area contributed by atoms with Crippen LogP contribution in [-0.4, -0.2) is 25.5 Å². The molecule has 1 aliphatic carbocycles. The molecule has 3 aromatic rings. The molecule has 0 unspecified atom stereocenters. The standard InChI is InChI=1S/C22H22F4N4O2/c1-20(10-3-11-20)30-18-15(8-9-16(28-18)22(24,25)26)27-19(30)29-17(31)12-21(2,32)13-4-6-14(23)7-5-13/h4-9,32H,3,10-12H2,1-2H3,(H,27,29,31)/t21-/m0/s1. The van der Waals surface area contributed by atoms with Crippen LogP contribution in [0.5, 0.6) is 0 Å². The number of hydrogen-bond acceptors (Lipinski definition) is 4. The van der Waals surface area contributed by atoms with E-state index in [2.05, 4.69) is 15.3 Å². The van der Waals surface area contributed by atoms with Crippen LogP contribution in [0, 0.1) is 5.82 Å². The van der Waals surface area contributed by atoms with E-state index in [1.165, 1.54) is 37.3 Å². The number of alkyl halides is 3. The molecule has 0 spiro atoms. The second-order valence-corrected chi connectivity index (χ2v) is 8.66. The summed E-state index contributed by atoms with van der Waals surface area (Å²) in [4.78, 5) is 20.9. The molecule has 1 aliphatic rings. The molecule has 0 saturated heterocycles. The van der Waals surface area contributed by atoms with Gasteiger partial charge in [-0.25, -0.2) is 14.4 Å². The molecule has 2 aromatic heterocycles. The Morgan fingerprint density at radius 1 is 1.16 bits per heavy atom. The Balaban J connectivity index is 1.67. The highest BCUT2D eigenvalue weighted by molar-refractivity contribution is 5.92. The number of rotatable bonds is 5. The van der Waals surface area contributed by atoms with Crippen LogP contribution in [0.2, 0.25) is 0 Å². The quantitative estimate of drug-likeness (QED) is 0.551. The first kappa shape index (κ1) is 22.2. The molecule has 0 aliphatic heterocycles. The van der Waals surface area contributed by atoms with E-state index in [-0.39, 0.29) is 23.5 Å². The Hall–Kier alpha value is -3.01. The van der Waals surface area contributed by atoms with E-state index in [9.17, 15) is 27.5 Å². The minimum atomic E-state index is -4.61. The molecule has 32 heavy (non-hydrogen) atoms. The average molecular weight is 450 g/mol. The van der Waals surface area contributed by atoms with Gasteiger partial charge >= 0.3 is 6.18 Å². The molecule has 10 heteroatoms. The summed E-state index contributed by atoms with van der Waals surface area (Å²) in [5, 5.41) is 13.4. The fourth-order valence-electron chi connectivity index (χ4n) is 4.01. The monoisotopic (exact) mass is 450 g/mol. The van der Waals surface area contributed by atoms with Crippen molar-refractivity contribution < 1.29 is 27.5 Å². The lowest BCUT2D eigenvalue weighted by atomic mass is 9.78. The third kappa shape index (κ3) is 4.06. The van der Waals surface area contributed by atoms with E-state index in [1.54, 1.807) is 4.57 Å². The normalized spacial score (nSPS) is 17.6. The van der Waals surface area contributed by atoms with E-state index >= 15 is 0 Å². The average Bonchev–Trinajstić information content (AvgIpc) is 3.02. The predicted molar refractivity (Wildman–Crippen MR) is 109 cm³/mol. The van der Waals surface area contributed by atoms with Crippen molar-refractivity contribution in [1.82, 2.24) is 14.5 Å². The third-order valence-corrected chi connectivity index (χ3v) is 5.99. The van der Waals surface area contributed by atoms with Crippen LogP contribution in [0.15, 0.2) is 36.4 Å². The summed E-state index contributed by atoms with van der Waals surface area (Å²) < 4.78 is 54.4. The fourth-order valence-corrected chi connectivity index (χ4v) is 4.01. The molecule has 170 valence electrons. The lowest BCUT2D eigenvalue weighted by Gasteiger charge is -2.40. The Labute approximate surface area is 181 Å². The number of anilines is 1. The van der Waals surface area contributed by atoms with E-state index in [0.717, 1.165) is 12.5 Å². The van der Waals surface area contributed by atoms with Crippen molar-refractivity contribution in [1.29, 1.82) is 0 Å². The predicted octanol–water partition coefficient (Wildman–Crippen LogP) is 4.72. The number of fused-ring (bicyclic) bond motifs is 1. The van der Waals surface area contributed by atoms with Gasteiger partial charge in [-0.05, 0) is 62.9 Å². The van der Waals surface area contributed by atoms with Gasteiger partial charge < -0.3 is 5.11 Å². The van der Waals surface area contributed by atoms with Crippen molar-refractivity contribution in [2.24, 2.45) is 0 Å². The number of hydrogen-bond donors (Lipinski definition) is 2. The maximum absolute atomic E-state index is 13.2. The van der Waals surface area contributed by atoms with Gasteiger partial charge in [0.05, 0.1) is 12.0 Å². The van der Waals surface area contributed by atoms with Crippen molar-refractivity contribution in [2.45, 2.75) is 56.8 Å². The summed E-state index contributed by atoms with van der Waals surface area (Å²) in [5.41, 5.74) is -2.53. The maximum atomic E-state index is 13.2. The van der Waals surface area contributed by atoms with Gasteiger partial charge in [0.1, 0.15) is 17.0 Å². The summed E-state index contributed by atoms with van der Waals surface area (Å²) in [7, 11) is 0. The minimum absolute atomic E-state index is 0.0441. The molecular weight excluding hydrogens is 428 g/mol. The van der Waals surface area contributed by atoms with Gasteiger partial charge in [-0.1, -0.05) is 12.1 Å². The van der Waals surface area contributed by atoms with Crippen molar-refractivity contribution in [3.63, 3.8) is 0 Å². The topological polar surface area (TPSA) is 80.0 Å². The van der Waals surface area contributed by atoms with Crippen LogP contribution in [0.25, 0.3) is 11.2 Å². The Morgan fingerprint density at radius 2 is 1.81 bits per heavy atom. The molecule has 0 bridgehead atoms. The number of nitrogens with one attached hydrogen (secondary N) is 1. The number of pyridine rings is 1. The van der Waals surface area contributed by atoms with E-state index in [0.29, 0.717) is 18.4 Å². The van der Waals surface area contributed by atoms with Gasteiger partial charge in [0.2, 0.25) is 11.9 Å². The largest absolute Gasteiger partial charge is 0.433 e. The molecule has 1 amide bonds. The number of nitrogens with zero attached hydrogens (tertiary/aromatic N) is 3. The van der Waals surface area contributed by atoms with Gasteiger partial charge in [-0.3, -0.25) is 14.7 Å². The van der Waals surface area contributed by atoms with Crippen LogP contribution < -0.4 is 5.32 Å². The molecule has 0 radical (unpaired) electrons. The first-order valence-corrected chi connectivity index (χ1v) is 10.1. The summed E-state index contributed by atoms with van der Waals surface area (Å²) in [5.74, 6) is -0.981. The molecule has 2 N–H and O–H groups in total. The van der Waals surface area contributed by atoms with Gasteiger partial charge in [-0.15, -0.1) is 0 Å². The number of carbonyl (C=O) groups is 1. The zero-order valence-corrected chi connectivity index (χ0v) is 17.5. The summed E-state index contributed by atoms with van der Waals surface area (Å²) in [6.45, 7) is 3.30. The molecule has 1 aromatic carbocycles. The highest BCUT2D eigenvalue weighted by Gasteiger charge is 2.39. The Morgan fingerprint density at radius 3 is 2.38 bits per heavy atom. The second kappa shape index (κ2) is 7.54. The SMILES string of the molecule is CC1(n2c(NC(=O)C[C@](C)(O)c3ccc(F)cc3)nc3ccc(C(F)(F)F)nc32)CCC1. The van der Waals surface area contributed by atoms with Crippen LogP contribution in [0.1, 0.15) is 50.8 Å². The number of halogens is 4. The van der Waals surface area contributed by atoms with Gasteiger partial charge in [0.15, 0.2) is 5.65 Å². The van der Waals surface area contributed by atoms with Gasteiger partial charge in [0.25, 0.3) is 0 Å². The highest BCUT2D eigenvalue weighted by Crippen LogP contribution is 2.43. The molecule has 1 atom stereocenters. The first-order chi connectivity index (χ1) is 14.9. The number of aliphatic hydroxyl groups is 1. The minimum Gasteiger partial charge on any atom is -0.385 e. The number of carbonyl (C=O) groups excluding carboxylic acids is 1. The lowest BCUT2D eigenvalue weighted by Crippen LogP contribution is -2.39. The van der Waals surface area contributed by atoms with Crippen molar-refractivity contribution in [2.75, 3.05) is 5.32 Å². The number of benzene rings is 1. The lowest BCUT2D eigenvalue weighted by molar-refractivity contribution is -0.141. The second-order valence-electron chi connectivity index (χ2n) is 8.66. The van der Waals surface area contributed by atoms with Gasteiger partial charge in [-0.2, -0.15) is 13.2 Å². The molecule has 6 nitrogen and oxygen atoms in total. The number of aromatic nitrogens is 3. The smallest absolute Gasteiger partial charge is 0.385 e. The van der Waals surface area contributed by atoms with Crippen molar-refractivity contribution in [3.05, 3.63) is 53.5 Å². The molecular formula is C22H22F4N4O2. The van der Waals surface area contributed by atoms with Crippen LogP contribution >= 0.6 is 0 Å². The van der Waals surface area contributed by atoms with E-state index in [1.807, 2.05) is 6.92 Å². The zero-order valence-electron chi connectivity index (χ0n) is 17.5. The number of imidazole rings is 1. The molecule has 1 saturated carbocycles. The third-order valence-electron chi connectivity index (χ3n) is 5.99. The Bertz CT molecular complexity index is 1170. The summed E-state index contributed by atoms with van der Waals surface area (Å²) >= 11 is 0. The van der Waals surface area contributed by atoms with Crippen LogP contribution in [0.4, 0.5) is 23.5 Å². The van der Waals surface area contributed by atoms with Crippen molar-refractivity contribution in [3.8, 4) is 0 Å². The van der Waals surface area contributed by atoms with Crippen molar-refractivity contribution >= 4 is 23.0 Å². The summed E-state index contributed by atoms with van der Waals surface area (Å²) in [6, 6.07) is 7.22. The van der Waals surface area contributed by atoms with Crippen LogP contribution in [-0.2, 0) is 22.1 Å². The zero-order chi connectivity index (χ0) is 23.3. The maximum Gasteiger partial charge on any atom is 0.433 e. The molecule has 2 heterocycles. The fraction of sp³-hybridized carbons (Fsp3) is 0.409. The number of amides is 1. The first-order valence-electron chi connectivity index (χ1n) is 10.1. The molecule has 4 rings (SSSR count). The van der Waals surface area contributed by atoms with E-state index in [4.69, 9.17) is 0 Å². The summed E-state index contributed by atoms with van der Waals surface area (Å²) in [6.07, 6.45) is -2.68. The highest BCUT2D eigenvalue weighted by atomic mass is 19.4. The van der Waals surface area contributed by atoms with Crippen LogP contribution in [0.3, 0.4) is 0 Å². The van der Waals surface area contributed by atoms with Gasteiger partial charge in [0, 0.05) is 5.54 Å². The van der Waals surface area contributed by atoms with E-state index < -0.39 is 34.7 Å². The molecule has 1 fully saturated rings. The Kier molecular flexibility index (Phi) is 5.23.